The predicted octanol–water partition coefficient (Wildman–Crippen LogP) is 7.66. The number of anilines is 1. The number of benzene rings is 3. The number of carbonyl (C=O) groups is 4. The largest absolute Gasteiger partial charge is 0.480 e. The van der Waals surface area contributed by atoms with Gasteiger partial charge in [-0.3, -0.25) is 44.1 Å². The molecule has 5 N–H and O–H groups in total. The Morgan fingerprint density at radius 3 is 2.07 bits per heavy atom. The van der Waals surface area contributed by atoms with Gasteiger partial charge in [0, 0.05) is 31.8 Å². The van der Waals surface area contributed by atoms with Gasteiger partial charge >= 0.3 is 19.7 Å². The average molecular weight is 1090 g/mol. The molecule has 378 valence electrons. The third-order valence-electron chi connectivity index (χ3n) is 7.78. The Bertz CT molecular complexity index is 2370. The molecule has 19 nitrogen and oxygen atoms in total. The second kappa shape index (κ2) is 30.6. The van der Waals surface area contributed by atoms with Crippen molar-refractivity contribution in [2.45, 2.75) is 38.2 Å². The van der Waals surface area contributed by atoms with Crippen molar-refractivity contribution in [3.8, 4) is 11.5 Å². The first-order valence-electron chi connectivity index (χ1n) is 19.1. The number of para-hydroxylation sites is 1. The van der Waals surface area contributed by atoms with Gasteiger partial charge in [0.2, 0.25) is 15.9 Å². The number of nitro benzene ring substituents is 1. The number of carbonyl (C=O) groups excluding carboxylic acids is 3. The fourth-order valence-corrected chi connectivity index (χ4v) is 6.44. The molecule has 0 heterocycles. The highest BCUT2D eigenvalue weighted by Gasteiger charge is 2.31. The van der Waals surface area contributed by atoms with E-state index in [2.05, 4.69) is 25.4 Å². The van der Waals surface area contributed by atoms with Crippen LogP contribution in [0, 0.1) is 17.0 Å². The minimum absolute atomic E-state index is 0.0371. The molecule has 0 atom stereocenters. The fraction of sp³-hybridized carbons (Fsp3) is 0.350. The number of aryl methyl sites for hydroxylation is 2. The molecule has 3 amide bonds. The summed E-state index contributed by atoms with van der Waals surface area (Å²) >= 11 is 22.2. The molecule has 0 radical (unpaired) electrons. The third kappa shape index (κ3) is 24.5. The van der Waals surface area contributed by atoms with Crippen LogP contribution in [-0.2, 0) is 46.3 Å². The van der Waals surface area contributed by atoms with Gasteiger partial charge in [0.15, 0.2) is 4.84 Å². The summed E-state index contributed by atoms with van der Waals surface area (Å²) in [6.45, 7) is 14.2. The van der Waals surface area contributed by atoms with Crippen molar-refractivity contribution in [1.82, 2.24) is 14.9 Å². The van der Waals surface area contributed by atoms with E-state index < -0.39 is 80.1 Å². The van der Waals surface area contributed by atoms with Crippen molar-refractivity contribution < 1.29 is 74.6 Å². The number of carboxylic acids is 1. The zero-order valence-corrected chi connectivity index (χ0v) is 41.4. The minimum Gasteiger partial charge on any atom is -0.480 e. The van der Waals surface area contributed by atoms with Crippen LogP contribution in [0.1, 0.15) is 40.9 Å². The van der Waals surface area contributed by atoms with Gasteiger partial charge in [-0.25, -0.2) is 13.1 Å². The van der Waals surface area contributed by atoms with Crippen LogP contribution in [0.2, 0.25) is 5.02 Å². The topological polar surface area (TPSA) is 272 Å². The minimum atomic E-state index is -4.62. The van der Waals surface area contributed by atoms with Crippen LogP contribution in [0.4, 0.5) is 24.5 Å². The van der Waals surface area contributed by atoms with E-state index in [0.29, 0.717) is 38.1 Å². The van der Waals surface area contributed by atoms with E-state index in [1.54, 1.807) is 21.8 Å². The molecule has 0 saturated heterocycles. The molecule has 0 aliphatic carbocycles. The van der Waals surface area contributed by atoms with Crippen LogP contribution in [0.25, 0.3) is 0 Å². The normalized spacial score (nSPS) is 11.0. The molecule has 0 aliphatic rings. The summed E-state index contributed by atoms with van der Waals surface area (Å²) in [5.41, 5.74) is 0.782. The number of nitro groups is 1. The number of rotatable bonds is 20. The van der Waals surface area contributed by atoms with Gasteiger partial charge in [0.25, 0.3) is 17.5 Å². The van der Waals surface area contributed by atoms with Crippen LogP contribution in [0.5, 0.6) is 11.5 Å². The van der Waals surface area contributed by atoms with E-state index in [-0.39, 0.29) is 35.9 Å². The monoisotopic (exact) mass is 1080 g/mol. The lowest BCUT2D eigenvalue weighted by Gasteiger charge is -2.25. The summed E-state index contributed by atoms with van der Waals surface area (Å²) in [6.07, 6.45) is -0.449. The maximum Gasteiger partial charge on any atom is 0.416 e. The summed E-state index contributed by atoms with van der Waals surface area (Å²) in [6, 6.07) is 11.1. The van der Waals surface area contributed by atoms with E-state index in [4.69, 9.17) is 70.8 Å². The average Bonchev–Trinajstić information content (AvgIpc) is 3.23. The predicted molar refractivity (Wildman–Crippen MR) is 252 cm³/mol. The Labute approximate surface area is 410 Å². The second-order valence-electron chi connectivity index (χ2n) is 13.2. The highest BCUT2D eigenvalue weighted by atomic mass is 35.5. The molecular formula is C40H49Cl4F3N5O14PS. The Morgan fingerprint density at radius 2 is 1.63 bits per heavy atom. The van der Waals surface area contributed by atoms with Crippen molar-refractivity contribution >= 4 is 99.1 Å². The Hall–Kier alpha value is -4.81. The van der Waals surface area contributed by atoms with Crippen LogP contribution < -0.4 is 19.7 Å². The first kappa shape index (κ1) is 63.2. The van der Waals surface area contributed by atoms with Gasteiger partial charge in [0.05, 0.1) is 40.3 Å². The van der Waals surface area contributed by atoms with E-state index in [1.807, 2.05) is 32.0 Å². The van der Waals surface area contributed by atoms with Gasteiger partial charge in [-0.2, -0.15) is 13.2 Å². The van der Waals surface area contributed by atoms with Gasteiger partial charge < -0.3 is 29.3 Å². The highest BCUT2D eigenvalue weighted by Crippen LogP contribution is 2.37. The van der Waals surface area contributed by atoms with Crippen molar-refractivity contribution in [2.75, 3.05) is 56.3 Å². The standard InChI is InChI=1S/C15H10ClF3N2O6S.C14H20ClNO2.C8H11Cl2NO.C3H8NO5P/c1-28(25,26)20-14(22)10-7-9(3-4-12(10)21(23)24)27-13-5-2-8(6-11(13)16)15(17,18)19;1-4-12-8-6-7-11(3)14(12)16(10-18-5-2)13(17)9-15;1-3-5-11(6-4-2)8(12)7(9)10;5-3(6)1-4-2-10(7,8)9/h2-7H,1H3,(H,20,22);6-8H,4-5,9-10H2,1-3H3;3-4,7H,1-2,5-6H2;4H,1-2H2,(H,5,6)(H2,7,8,9). The van der Waals surface area contributed by atoms with E-state index in [1.165, 1.54) is 4.90 Å². The number of aliphatic carboxylic acids is 1. The number of ether oxygens (including phenoxy) is 2. The van der Waals surface area contributed by atoms with Crippen LogP contribution in [0.3, 0.4) is 0 Å². The molecule has 0 fully saturated rings. The van der Waals surface area contributed by atoms with Crippen LogP contribution >= 0.6 is 54.0 Å². The lowest BCUT2D eigenvalue weighted by atomic mass is 10.0. The lowest BCUT2D eigenvalue weighted by molar-refractivity contribution is -0.385. The highest BCUT2D eigenvalue weighted by molar-refractivity contribution is 7.89. The zero-order chi connectivity index (χ0) is 52.6. The van der Waals surface area contributed by atoms with E-state index >= 15 is 0 Å². The smallest absolute Gasteiger partial charge is 0.416 e. The van der Waals surface area contributed by atoms with Gasteiger partial charge in [-0.05, 0) is 55.7 Å². The Morgan fingerprint density at radius 1 is 1.03 bits per heavy atom. The first-order valence-corrected chi connectivity index (χ1v) is 24.6. The molecular weight excluding hydrogens is 1040 g/mol. The Balaban J connectivity index is 0.000000963. The molecule has 0 bridgehead atoms. The molecule has 68 heavy (non-hydrogen) atoms. The third-order valence-corrected chi connectivity index (χ3v) is 9.87. The van der Waals surface area contributed by atoms with Gasteiger partial charge in [-0.1, -0.05) is 72.1 Å². The van der Waals surface area contributed by atoms with Crippen LogP contribution in [0.15, 0.2) is 79.9 Å². The number of halogens is 7. The van der Waals surface area contributed by atoms with Crippen molar-refractivity contribution in [1.29, 1.82) is 0 Å². The Kier molecular flexibility index (Phi) is 28.5. The number of nitrogens with zero attached hydrogens (tertiary/aromatic N) is 3. The molecule has 28 heteroatoms. The quantitative estimate of drug-likeness (QED) is 0.0181. The summed E-state index contributed by atoms with van der Waals surface area (Å²) in [7, 11) is -8.10. The van der Waals surface area contributed by atoms with Crippen molar-refractivity contribution in [2.24, 2.45) is 0 Å². The lowest BCUT2D eigenvalue weighted by Crippen LogP contribution is -2.35. The summed E-state index contributed by atoms with van der Waals surface area (Å²) in [5.74, 6) is -3.31. The SMILES string of the molecule is C=CCN(CC=C)C(=O)C(Cl)Cl.CCOCN(C(=O)CCl)c1c(C)cccc1CC.CS(=O)(=O)NC(=O)c1cc(Oc2ccc(C(F)(F)F)cc2Cl)ccc1[N+](=O)[O-].O=C(O)CNCP(=O)(O)O. The molecule has 3 aromatic carbocycles. The van der Waals surface area contributed by atoms with Gasteiger partial charge in [-0.15, -0.1) is 24.8 Å². The van der Waals surface area contributed by atoms with E-state index in [9.17, 15) is 55.4 Å². The molecule has 3 rings (SSSR count). The van der Waals surface area contributed by atoms with Crippen molar-refractivity contribution in [3.63, 3.8) is 0 Å². The number of amides is 3. The van der Waals surface area contributed by atoms with Crippen LogP contribution in [-0.4, -0.2) is 113 Å². The number of alkyl halides is 6. The fourth-order valence-electron chi connectivity index (χ4n) is 4.95. The molecule has 0 aromatic heterocycles. The maximum atomic E-state index is 12.7. The number of nitrogens with one attached hydrogen (secondary N) is 2. The molecule has 0 aliphatic heterocycles. The van der Waals surface area contributed by atoms with Gasteiger partial charge in [0.1, 0.15) is 29.7 Å². The second-order valence-corrected chi connectivity index (χ2v) is 18.3. The molecule has 0 saturated carbocycles. The maximum absolute atomic E-state index is 12.7. The number of sulfonamides is 1. The number of hydrogen-bond acceptors (Lipinski definition) is 12. The summed E-state index contributed by atoms with van der Waals surface area (Å²) < 4.78 is 82.7. The van der Waals surface area contributed by atoms with E-state index in [0.717, 1.165) is 47.5 Å². The number of hydrogen-bond donors (Lipinski definition) is 5. The summed E-state index contributed by atoms with van der Waals surface area (Å²) in [5, 5.41) is 20.7. The molecule has 0 unspecified atom stereocenters. The van der Waals surface area contributed by atoms with Crippen molar-refractivity contribution in [3.05, 3.63) is 117 Å². The zero-order valence-electron chi connectivity index (χ0n) is 36.7. The first-order chi connectivity index (χ1) is 31.5. The number of carboxylic acid groups (broad SMARTS) is 1. The molecule has 3 aromatic rings. The molecule has 0 spiro atoms. The summed E-state index contributed by atoms with van der Waals surface area (Å²) in [4.78, 5) is 73.5.